The molecule has 0 bridgehead atoms. The van der Waals surface area contributed by atoms with Crippen LogP contribution in [0.15, 0.2) is 30.9 Å². The number of para-hydroxylation sites is 1. The number of anilines is 1. The lowest BCUT2D eigenvalue weighted by atomic mass is 9.71. The number of carbonyl (C=O) groups is 2. The summed E-state index contributed by atoms with van der Waals surface area (Å²) in [4.78, 5) is 34.1. The van der Waals surface area contributed by atoms with Crippen molar-refractivity contribution in [3.05, 3.63) is 36.7 Å². The minimum absolute atomic E-state index is 0.0989. The average Bonchev–Trinajstić information content (AvgIpc) is 3.42. The molecule has 12 heteroatoms. The highest BCUT2D eigenvalue weighted by Crippen LogP contribution is 2.47. The van der Waals surface area contributed by atoms with E-state index in [-0.39, 0.29) is 48.1 Å². The summed E-state index contributed by atoms with van der Waals surface area (Å²) < 4.78 is 27.5. The van der Waals surface area contributed by atoms with Crippen LogP contribution in [-0.4, -0.2) is 110 Å². The van der Waals surface area contributed by atoms with Gasteiger partial charge in [-0.2, -0.15) is 5.26 Å². The molecule has 232 valence electrons. The number of ether oxygens (including phenoxy) is 2. The van der Waals surface area contributed by atoms with Gasteiger partial charge in [-0.3, -0.25) is 25.1 Å². The Bertz CT molecular complexity index is 1290. The van der Waals surface area contributed by atoms with Crippen LogP contribution in [0.3, 0.4) is 0 Å². The third-order valence-electron chi connectivity index (χ3n) is 10.1. The molecule has 11 nitrogen and oxygen atoms in total. The first kappa shape index (κ1) is 30.0. The minimum Gasteiger partial charge on any atom is -0.475 e. The molecule has 0 radical (unpaired) electrons. The maximum atomic E-state index is 14.7. The Morgan fingerprint density at radius 2 is 2.09 bits per heavy atom. The Balaban J connectivity index is 1.25. The maximum absolute atomic E-state index is 14.7. The van der Waals surface area contributed by atoms with Gasteiger partial charge in [0.15, 0.2) is 17.8 Å². The summed E-state index contributed by atoms with van der Waals surface area (Å²) in [5.41, 5.74) is -0.936. The van der Waals surface area contributed by atoms with Gasteiger partial charge in [0.05, 0.1) is 31.3 Å². The largest absolute Gasteiger partial charge is 0.475 e. The molecular formula is C31H42FN7O4. The summed E-state index contributed by atoms with van der Waals surface area (Å²) in [6.07, 6.45) is 4.80. The van der Waals surface area contributed by atoms with Gasteiger partial charge in [-0.15, -0.1) is 0 Å². The summed E-state index contributed by atoms with van der Waals surface area (Å²) >= 11 is 0. The van der Waals surface area contributed by atoms with Gasteiger partial charge in [0, 0.05) is 51.1 Å². The zero-order valence-electron chi connectivity index (χ0n) is 25.0. The summed E-state index contributed by atoms with van der Waals surface area (Å²) in [6.45, 7) is 6.94. The van der Waals surface area contributed by atoms with Gasteiger partial charge in [0.25, 0.3) is 5.91 Å². The van der Waals surface area contributed by atoms with Crippen molar-refractivity contribution in [2.75, 3.05) is 51.8 Å². The number of nitrogens with zero attached hydrogens (tertiary/aromatic N) is 5. The molecule has 1 aliphatic carbocycles. The molecule has 7 atom stereocenters. The van der Waals surface area contributed by atoms with Crippen LogP contribution in [-0.2, 0) is 14.3 Å². The first-order valence-electron chi connectivity index (χ1n) is 15.4. The Morgan fingerprint density at radius 1 is 1.26 bits per heavy atom. The molecule has 4 aliphatic heterocycles. The molecule has 1 spiro atoms. The van der Waals surface area contributed by atoms with Crippen molar-refractivity contribution in [3.8, 4) is 11.8 Å². The third kappa shape index (κ3) is 5.53. The Labute approximate surface area is 252 Å². The number of fused-ring (bicyclic) bond motifs is 2. The second-order valence-electron chi connectivity index (χ2n) is 12.6. The van der Waals surface area contributed by atoms with Crippen LogP contribution in [0.2, 0.25) is 0 Å². The normalized spacial score (nSPS) is 34.8. The molecule has 1 aromatic rings. The predicted octanol–water partition coefficient (Wildman–Crippen LogP) is 1.61. The molecule has 6 rings (SSSR count). The second-order valence-corrected chi connectivity index (χ2v) is 12.6. The number of hydrogen-bond donors (Lipinski definition) is 2. The van der Waals surface area contributed by atoms with Crippen molar-refractivity contribution < 1.29 is 23.5 Å². The van der Waals surface area contributed by atoms with E-state index >= 15 is 0 Å². The Kier molecular flexibility index (Phi) is 8.45. The highest BCUT2D eigenvalue weighted by Gasteiger charge is 2.56. The topological polar surface area (TPSA) is 113 Å². The fraction of sp³-hybridized carbons (Fsp3) is 0.645. The lowest BCUT2D eigenvalue weighted by Gasteiger charge is -2.55. The van der Waals surface area contributed by atoms with E-state index < -0.39 is 17.8 Å². The zero-order chi connectivity index (χ0) is 30.3. The standard InChI is InChI=1S/C31H42FN7O4/c1-4-26(40)39-16-15-38(18-20(39)11-13-33)28-22-10-12-31(29(41)37(3)27-23(32)8-5-9-25(27)43-31)17-24(22)34-30(35-28)42-19-21-7-6-14-36(21)2/h4-5,8-9,20-22,24,28,30,34-35H,1,6-7,10-12,14-19H2,2-3H3/t20-,21+,22?,24?,28?,30?,31-/m1/s1. The van der Waals surface area contributed by atoms with Gasteiger partial charge in [0.1, 0.15) is 11.4 Å². The number of nitrogens with one attached hydrogen (secondary N) is 2. The second kappa shape index (κ2) is 12.1. The zero-order valence-corrected chi connectivity index (χ0v) is 25.0. The summed E-state index contributed by atoms with van der Waals surface area (Å²) in [7, 11) is 3.73. The van der Waals surface area contributed by atoms with Crippen LogP contribution >= 0.6 is 0 Å². The number of benzene rings is 1. The van der Waals surface area contributed by atoms with Gasteiger partial charge >= 0.3 is 0 Å². The Hall–Kier alpha value is -3.08. The van der Waals surface area contributed by atoms with Crippen molar-refractivity contribution >= 4 is 17.5 Å². The van der Waals surface area contributed by atoms with Crippen molar-refractivity contribution in [1.29, 1.82) is 5.26 Å². The van der Waals surface area contributed by atoms with Gasteiger partial charge in [-0.05, 0) is 57.5 Å². The highest BCUT2D eigenvalue weighted by atomic mass is 19.1. The van der Waals surface area contributed by atoms with Crippen LogP contribution < -0.4 is 20.3 Å². The van der Waals surface area contributed by atoms with Crippen LogP contribution in [0, 0.1) is 23.1 Å². The number of likely N-dealkylation sites (N-methyl/N-ethyl adjacent to an activating group) is 2. The van der Waals surface area contributed by atoms with Crippen molar-refractivity contribution in [2.45, 2.75) is 74.8 Å². The molecule has 43 heavy (non-hydrogen) atoms. The van der Waals surface area contributed by atoms with Crippen LogP contribution in [0.1, 0.15) is 38.5 Å². The number of likely N-dealkylation sites (tertiary alicyclic amines) is 1. The molecule has 1 aromatic carbocycles. The first-order valence-corrected chi connectivity index (χ1v) is 15.4. The van der Waals surface area contributed by atoms with E-state index in [9.17, 15) is 19.2 Å². The molecule has 2 N–H and O–H groups in total. The quantitative estimate of drug-likeness (QED) is 0.474. The van der Waals surface area contributed by atoms with E-state index in [1.165, 1.54) is 17.0 Å². The molecule has 5 aliphatic rings. The number of amides is 2. The maximum Gasteiger partial charge on any atom is 0.271 e. The highest BCUT2D eigenvalue weighted by molar-refractivity contribution is 6.02. The first-order chi connectivity index (χ1) is 20.7. The van der Waals surface area contributed by atoms with E-state index in [2.05, 4.69) is 40.1 Å². The number of hydrogen-bond acceptors (Lipinski definition) is 9. The van der Waals surface area contributed by atoms with Crippen LogP contribution in [0.5, 0.6) is 5.75 Å². The molecule has 2 amide bonds. The summed E-state index contributed by atoms with van der Waals surface area (Å²) in [5.74, 6) is -0.393. The van der Waals surface area contributed by atoms with Gasteiger partial charge in [-0.25, -0.2) is 4.39 Å². The van der Waals surface area contributed by atoms with E-state index in [0.717, 1.165) is 19.4 Å². The number of halogens is 1. The fourth-order valence-electron chi connectivity index (χ4n) is 7.83. The van der Waals surface area contributed by atoms with Gasteiger partial charge < -0.3 is 24.2 Å². The fourth-order valence-corrected chi connectivity index (χ4v) is 7.83. The molecular weight excluding hydrogens is 553 g/mol. The van der Waals surface area contributed by atoms with Crippen molar-refractivity contribution in [3.63, 3.8) is 0 Å². The molecule has 4 heterocycles. The molecule has 4 fully saturated rings. The number of piperazine rings is 1. The Morgan fingerprint density at radius 3 is 2.84 bits per heavy atom. The third-order valence-corrected chi connectivity index (χ3v) is 10.1. The SMILES string of the molecule is C=CC(=O)N1CCN(C2NC(OC[C@@H]3CCCN3C)NC3C[C@@]4(CCC32)Oc2cccc(F)c2N(C)C4=O)C[C@H]1CC#N. The minimum atomic E-state index is -1.11. The molecule has 4 unspecified atom stereocenters. The smallest absolute Gasteiger partial charge is 0.271 e. The lowest BCUT2D eigenvalue weighted by Crippen LogP contribution is -2.74. The average molecular weight is 596 g/mol. The van der Waals surface area contributed by atoms with Crippen LogP contribution in [0.25, 0.3) is 0 Å². The number of nitriles is 1. The summed E-state index contributed by atoms with van der Waals surface area (Å²) in [5, 5.41) is 16.9. The van der Waals surface area contributed by atoms with E-state index in [1.807, 2.05) is 0 Å². The van der Waals surface area contributed by atoms with E-state index in [0.29, 0.717) is 57.3 Å². The predicted molar refractivity (Wildman–Crippen MR) is 157 cm³/mol. The molecule has 1 saturated carbocycles. The van der Waals surface area contributed by atoms with E-state index in [4.69, 9.17) is 9.47 Å². The molecule has 3 saturated heterocycles. The molecule has 0 aromatic heterocycles. The summed E-state index contributed by atoms with van der Waals surface area (Å²) in [6, 6.07) is 6.88. The van der Waals surface area contributed by atoms with Gasteiger partial charge in [0.2, 0.25) is 5.91 Å². The number of rotatable bonds is 6. The number of carbonyl (C=O) groups excluding carboxylic acids is 2. The van der Waals surface area contributed by atoms with Crippen molar-refractivity contribution in [1.82, 2.24) is 25.3 Å². The van der Waals surface area contributed by atoms with Crippen molar-refractivity contribution in [2.24, 2.45) is 5.92 Å². The van der Waals surface area contributed by atoms with Gasteiger partial charge in [-0.1, -0.05) is 12.6 Å². The van der Waals surface area contributed by atoms with Crippen LogP contribution in [0.4, 0.5) is 10.1 Å². The monoisotopic (exact) mass is 595 g/mol. The van der Waals surface area contributed by atoms with E-state index in [1.54, 1.807) is 24.1 Å². The lowest BCUT2D eigenvalue weighted by molar-refractivity contribution is -0.151.